The third-order valence-corrected chi connectivity index (χ3v) is 3.82. The van der Waals surface area contributed by atoms with Crippen molar-refractivity contribution < 1.29 is 4.79 Å². The molecule has 17 heavy (non-hydrogen) atoms. The predicted molar refractivity (Wildman–Crippen MR) is 68.9 cm³/mol. The molecule has 4 nitrogen and oxygen atoms in total. The molecular weight excluding hydrogens is 214 g/mol. The minimum atomic E-state index is 0.204. The van der Waals surface area contributed by atoms with Crippen LogP contribution in [-0.4, -0.2) is 50.1 Å². The lowest BCUT2D eigenvalue weighted by Gasteiger charge is -2.22. The quantitative estimate of drug-likeness (QED) is 0.690. The zero-order chi connectivity index (χ0) is 11.9. The van der Waals surface area contributed by atoms with E-state index in [-0.39, 0.29) is 11.8 Å². The molecule has 2 heterocycles. The molecule has 0 radical (unpaired) electrons. The average Bonchev–Trinajstić information content (AvgIpc) is 2.88. The lowest BCUT2D eigenvalue weighted by atomic mass is 9.99. The van der Waals surface area contributed by atoms with Crippen LogP contribution >= 0.6 is 0 Å². The fourth-order valence-electron chi connectivity index (χ4n) is 2.74. The normalized spacial score (nSPS) is 26.0. The Kier molecular flexibility index (Phi) is 5.26. The molecule has 98 valence electrons. The highest BCUT2D eigenvalue weighted by Crippen LogP contribution is 2.10. The molecule has 0 saturated carbocycles. The molecule has 2 aliphatic rings. The smallest absolute Gasteiger partial charge is 0.224 e. The number of hydrogen-bond donors (Lipinski definition) is 2. The summed E-state index contributed by atoms with van der Waals surface area (Å²) in [4.78, 5) is 14.3. The van der Waals surface area contributed by atoms with Crippen LogP contribution < -0.4 is 10.6 Å². The summed E-state index contributed by atoms with van der Waals surface area (Å²) < 4.78 is 0. The topological polar surface area (TPSA) is 44.4 Å². The first-order chi connectivity index (χ1) is 8.36. The number of carbonyl (C=O) groups excluding carboxylic acids is 1. The number of amides is 1. The molecule has 1 unspecified atom stereocenters. The van der Waals surface area contributed by atoms with Gasteiger partial charge in [-0.1, -0.05) is 0 Å². The second-order valence-electron chi connectivity index (χ2n) is 5.24. The summed E-state index contributed by atoms with van der Waals surface area (Å²) in [5.74, 6) is 0.453. The fourth-order valence-corrected chi connectivity index (χ4v) is 2.74. The van der Waals surface area contributed by atoms with Gasteiger partial charge >= 0.3 is 0 Å². The summed E-state index contributed by atoms with van der Waals surface area (Å²) in [6, 6.07) is 0. The highest BCUT2D eigenvalue weighted by atomic mass is 16.1. The lowest BCUT2D eigenvalue weighted by Crippen LogP contribution is -2.41. The first-order valence-electron chi connectivity index (χ1n) is 7.07. The highest BCUT2D eigenvalue weighted by molar-refractivity contribution is 5.78. The maximum absolute atomic E-state index is 11.8. The summed E-state index contributed by atoms with van der Waals surface area (Å²) in [6.07, 6.45) is 5.96. The number of rotatable bonds is 5. The molecule has 2 aliphatic heterocycles. The minimum Gasteiger partial charge on any atom is -0.356 e. The first kappa shape index (κ1) is 12.8. The third kappa shape index (κ3) is 4.28. The molecule has 0 aromatic carbocycles. The van der Waals surface area contributed by atoms with Crippen molar-refractivity contribution in [2.24, 2.45) is 5.92 Å². The Bertz CT molecular complexity index is 233. The van der Waals surface area contributed by atoms with Crippen molar-refractivity contribution in [3.63, 3.8) is 0 Å². The van der Waals surface area contributed by atoms with Crippen LogP contribution in [0.5, 0.6) is 0 Å². The molecule has 2 rings (SSSR count). The van der Waals surface area contributed by atoms with Crippen molar-refractivity contribution in [1.29, 1.82) is 0 Å². The van der Waals surface area contributed by atoms with E-state index in [4.69, 9.17) is 0 Å². The van der Waals surface area contributed by atoms with Gasteiger partial charge < -0.3 is 15.5 Å². The van der Waals surface area contributed by atoms with Gasteiger partial charge in [0, 0.05) is 13.1 Å². The van der Waals surface area contributed by atoms with Crippen molar-refractivity contribution >= 4 is 5.91 Å². The largest absolute Gasteiger partial charge is 0.356 e. The zero-order valence-electron chi connectivity index (χ0n) is 10.7. The lowest BCUT2D eigenvalue weighted by molar-refractivity contribution is -0.125. The van der Waals surface area contributed by atoms with Crippen LogP contribution in [0.15, 0.2) is 0 Å². The molecule has 2 N–H and O–H groups in total. The van der Waals surface area contributed by atoms with Gasteiger partial charge in [-0.15, -0.1) is 0 Å². The monoisotopic (exact) mass is 239 g/mol. The molecule has 1 amide bonds. The summed E-state index contributed by atoms with van der Waals surface area (Å²) in [5, 5.41) is 6.35. The van der Waals surface area contributed by atoms with E-state index in [9.17, 15) is 4.79 Å². The molecule has 0 bridgehead atoms. The van der Waals surface area contributed by atoms with E-state index >= 15 is 0 Å². The Labute approximate surface area is 104 Å². The molecule has 1 atom stereocenters. The predicted octanol–water partition coefficient (Wildman–Crippen LogP) is 0.588. The molecule has 2 saturated heterocycles. The Morgan fingerprint density at radius 3 is 2.82 bits per heavy atom. The van der Waals surface area contributed by atoms with Crippen molar-refractivity contribution in [3.05, 3.63) is 0 Å². The zero-order valence-corrected chi connectivity index (χ0v) is 10.7. The Balaban J connectivity index is 1.53. The van der Waals surface area contributed by atoms with Gasteiger partial charge in [-0.2, -0.15) is 0 Å². The molecule has 2 fully saturated rings. The van der Waals surface area contributed by atoms with Gasteiger partial charge in [0.15, 0.2) is 0 Å². The first-order valence-corrected chi connectivity index (χ1v) is 7.07. The number of piperidine rings is 1. The summed E-state index contributed by atoms with van der Waals surface area (Å²) >= 11 is 0. The maximum Gasteiger partial charge on any atom is 0.224 e. The number of likely N-dealkylation sites (tertiary alicyclic amines) is 1. The van der Waals surface area contributed by atoms with Crippen LogP contribution in [0.1, 0.15) is 32.1 Å². The van der Waals surface area contributed by atoms with Crippen LogP contribution in [-0.2, 0) is 4.79 Å². The molecule has 4 heteroatoms. The van der Waals surface area contributed by atoms with Crippen molar-refractivity contribution in [2.45, 2.75) is 32.1 Å². The van der Waals surface area contributed by atoms with Crippen molar-refractivity contribution in [3.8, 4) is 0 Å². The van der Waals surface area contributed by atoms with Crippen LogP contribution in [0.4, 0.5) is 0 Å². The second kappa shape index (κ2) is 6.97. The SMILES string of the molecule is O=C(NCCCN1CCCC1)C1CCCNC1. The molecule has 0 aliphatic carbocycles. The number of nitrogens with zero attached hydrogens (tertiary/aromatic N) is 1. The Hall–Kier alpha value is -0.610. The fraction of sp³-hybridized carbons (Fsp3) is 0.923. The van der Waals surface area contributed by atoms with E-state index in [2.05, 4.69) is 15.5 Å². The Morgan fingerprint density at radius 2 is 2.12 bits per heavy atom. The van der Waals surface area contributed by atoms with Crippen LogP contribution in [0.25, 0.3) is 0 Å². The van der Waals surface area contributed by atoms with Crippen LogP contribution in [0, 0.1) is 5.92 Å². The van der Waals surface area contributed by atoms with E-state index in [1.54, 1.807) is 0 Å². The number of carbonyl (C=O) groups is 1. The van der Waals surface area contributed by atoms with Gasteiger partial charge in [0.25, 0.3) is 0 Å². The van der Waals surface area contributed by atoms with E-state index in [1.807, 2.05) is 0 Å². The molecule has 0 spiro atoms. The summed E-state index contributed by atoms with van der Waals surface area (Å²) in [5.41, 5.74) is 0. The van der Waals surface area contributed by atoms with E-state index in [1.165, 1.54) is 25.9 Å². The van der Waals surface area contributed by atoms with Crippen LogP contribution in [0.2, 0.25) is 0 Å². The van der Waals surface area contributed by atoms with Crippen LogP contribution in [0.3, 0.4) is 0 Å². The van der Waals surface area contributed by atoms with Gasteiger partial charge in [-0.25, -0.2) is 0 Å². The van der Waals surface area contributed by atoms with Gasteiger partial charge in [0.05, 0.1) is 5.92 Å². The van der Waals surface area contributed by atoms with Crippen molar-refractivity contribution in [1.82, 2.24) is 15.5 Å². The average molecular weight is 239 g/mol. The van der Waals surface area contributed by atoms with Gasteiger partial charge in [-0.05, 0) is 58.3 Å². The molecule has 0 aromatic heterocycles. The number of nitrogens with one attached hydrogen (secondary N) is 2. The van der Waals surface area contributed by atoms with Crippen molar-refractivity contribution in [2.75, 3.05) is 39.3 Å². The molecule has 0 aromatic rings. The standard InChI is InChI=1S/C13H25N3O/c17-13(12-5-3-6-14-11-12)15-7-4-10-16-8-1-2-9-16/h12,14H,1-11H2,(H,15,17). The summed E-state index contributed by atoms with van der Waals surface area (Å²) in [7, 11) is 0. The van der Waals surface area contributed by atoms with Gasteiger partial charge in [-0.3, -0.25) is 4.79 Å². The highest BCUT2D eigenvalue weighted by Gasteiger charge is 2.20. The minimum absolute atomic E-state index is 0.204. The van der Waals surface area contributed by atoms with E-state index < -0.39 is 0 Å². The summed E-state index contributed by atoms with van der Waals surface area (Å²) in [6.45, 7) is 6.41. The second-order valence-corrected chi connectivity index (χ2v) is 5.24. The van der Waals surface area contributed by atoms with Gasteiger partial charge in [0.1, 0.15) is 0 Å². The van der Waals surface area contributed by atoms with E-state index in [0.717, 1.165) is 45.4 Å². The third-order valence-electron chi connectivity index (χ3n) is 3.82. The van der Waals surface area contributed by atoms with Gasteiger partial charge in [0.2, 0.25) is 5.91 Å². The Morgan fingerprint density at radius 1 is 1.29 bits per heavy atom. The number of hydrogen-bond acceptors (Lipinski definition) is 3. The van der Waals surface area contributed by atoms with E-state index in [0.29, 0.717) is 0 Å². The molecular formula is C13H25N3O. The maximum atomic E-state index is 11.8.